The zero-order valence-electron chi connectivity index (χ0n) is 10.0. The van der Waals surface area contributed by atoms with Gasteiger partial charge in [-0.3, -0.25) is 4.79 Å². The molecule has 0 bridgehead atoms. The van der Waals surface area contributed by atoms with Crippen LogP contribution >= 0.6 is 0 Å². The van der Waals surface area contributed by atoms with Crippen molar-refractivity contribution in [2.24, 2.45) is 5.92 Å². The van der Waals surface area contributed by atoms with Crippen molar-refractivity contribution in [3.63, 3.8) is 0 Å². The Balaban J connectivity index is 2.01. The molecule has 0 saturated heterocycles. The van der Waals surface area contributed by atoms with Crippen LogP contribution in [0.5, 0.6) is 5.75 Å². The van der Waals surface area contributed by atoms with Gasteiger partial charge in [0.2, 0.25) is 0 Å². The predicted octanol–water partition coefficient (Wildman–Crippen LogP) is 1.81. The lowest BCUT2D eigenvalue weighted by Gasteiger charge is -2.25. The van der Waals surface area contributed by atoms with Gasteiger partial charge in [0.15, 0.2) is 0 Å². The second kappa shape index (κ2) is 5.08. The molecule has 17 heavy (non-hydrogen) atoms. The molecule has 92 valence electrons. The number of anilines is 1. The van der Waals surface area contributed by atoms with Crippen molar-refractivity contribution < 1.29 is 9.53 Å². The number of nitrogens with one attached hydrogen (secondary N) is 1. The van der Waals surface area contributed by atoms with Gasteiger partial charge in [-0.25, -0.2) is 0 Å². The zero-order chi connectivity index (χ0) is 12.3. The van der Waals surface area contributed by atoms with Gasteiger partial charge in [0, 0.05) is 12.2 Å². The van der Waals surface area contributed by atoms with Gasteiger partial charge in [-0.15, -0.1) is 0 Å². The highest BCUT2D eigenvalue weighted by atomic mass is 16.5. The van der Waals surface area contributed by atoms with Crippen LogP contribution < -0.4 is 15.8 Å². The van der Waals surface area contributed by atoms with E-state index in [1.807, 2.05) is 0 Å². The van der Waals surface area contributed by atoms with Crippen LogP contribution in [0, 0.1) is 5.92 Å². The van der Waals surface area contributed by atoms with Crippen molar-refractivity contribution in [3.8, 4) is 5.75 Å². The normalized spacial score (nSPS) is 15.1. The summed E-state index contributed by atoms with van der Waals surface area (Å²) in [4.78, 5) is 11.9. The van der Waals surface area contributed by atoms with Crippen molar-refractivity contribution in [1.29, 1.82) is 0 Å². The number of benzene rings is 1. The molecule has 1 fully saturated rings. The maximum Gasteiger partial charge on any atom is 0.253 e. The van der Waals surface area contributed by atoms with Crippen LogP contribution in [-0.4, -0.2) is 19.6 Å². The SMILES string of the molecule is COc1ccc(N)c(C(=O)NCC2CCC2)c1. The van der Waals surface area contributed by atoms with Crippen LogP contribution in [0.25, 0.3) is 0 Å². The van der Waals surface area contributed by atoms with Gasteiger partial charge in [0.05, 0.1) is 12.7 Å². The molecule has 2 rings (SSSR count). The van der Waals surface area contributed by atoms with Gasteiger partial charge in [-0.2, -0.15) is 0 Å². The largest absolute Gasteiger partial charge is 0.497 e. The van der Waals surface area contributed by atoms with E-state index in [1.54, 1.807) is 25.3 Å². The van der Waals surface area contributed by atoms with Gasteiger partial charge >= 0.3 is 0 Å². The summed E-state index contributed by atoms with van der Waals surface area (Å²) in [5.41, 5.74) is 6.75. The number of ether oxygens (including phenoxy) is 1. The minimum atomic E-state index is -0.117. The Bertz CT molecular complexity index is 414. The molecule has 1 aromatic rings. The minimum absolute atomic E-state index is 0.117. The number of carbonyl (C=O) groups is 1. The lowest BCUT2D eigenvalue weighted by molar-refractivity contribution is 0.0939. The Morgan fingerprint density at radius 1 is 1.53 bits per heavy atom. The van der Waals surface area contributed by atoms with Crippen molar-refractivity contribution in [2.75, 3.05) is 19.4 Å². The molecule has 0 heterocycles. The molecular weight excluding hydrogens is 216 g/mol. The van der Waals surface area contributed by atoms with Gasteiger partial charge in [-0.05, 0) is 37.0 Å². The van der Waals surface area contributed by atoms with Crippen molar-refractivity contribution in [2.45, 2.75) is 19.3 Å². The highest BCUT2D eigenvalue weighted by Gasteiger charge is 2.19. The first-order valence-electron chi connectivity index (χ1n) is 5.92. The maximum atomic E-state index is 11.9. The first-order chi connectivity index (χ1) is 8.20. The number of rotatable bonds is 4. The third kappa shape index (κ3) is 2.70. The number of hydrogen-bond donors (Lipinski definition) is 2. The first kappa shape index (κ1) is 11.8. The van der Waals surface area contributed by atoms with Crippen molar-refractivity contribution in [1.82, 2.24) is 5.32 Å². The van der Waals surface area contributed by atoms with E-state index >= 15 is 0 Å². The third-order valence-corrected chi connectivity index (χ3v) is 3.28. The van der Waals surface area contributed by atoms with Crippen molar-refractivity contribution in [3.05, 3.63) is 23.8 Å². The molecule has 4 nitrogen and oxygen atoms in total. The molecule has 1 aliphatic carbocycles. The van der Waals surface area contributed by atoms with Crippen LogP contribution in [0.3, 0.4) is 0 Å². The van der Waals surface area contributed by atoms with E-state index in [2.05, 4.69) is 5.32 Å². The minimum Gasteiger partial charge on any atom is -0.497 e. The molecule has 1 aliphatic rings. The number of nitrogens with two attached hydrogens (primary N) is 1. The summed E-state index contributed by atoms with van der Waals surface area (Å²) in [6, 6.07) is 5.11. The molecule has 0 aromatic heterocycles. The van der Waals surface area contributed by atoms with E-state index in [1.165, 1.54) is 19.3 Å². The summed E-state index contributed by atoms with van der Waals surface area (Å²) in [5.74, 6) is 1.17. The fraction of sp³-hybridized carbons (Fsp3) is 0.462. The number of nitrogen functional groups attached to an aromatic ring is 1. The molecule has 0 radical (unpaired) electrons. The molecule has 0 unspecified atom stereocenters. The summed E-state index contributed by atoms with van der Waals surface area (Å²) in [6.45, 7) is 0.746. The fourth-order valence-corrected chi connectivity index (χ4v) is 1.89. The number of methoxy groups -OCH3 is 1. The van der Waals surface area contributed by atoms with Crippen LogP contribution in [0.4, 0.5) is 5.69 Å². The van der Waals surface area contributed by atoms with Crippen LogP contribution in [0.1, 0.15) is 29.6 Å². The Morgan fingerprint density at radius 3 is 2.88 bits per heavy atom. The monoisotopic (exact) mass is 234 g/mol. The number of hydrogen-bond acceptors (Lipinski definition) is 3. The van der Waals surface area contributed by atoms with Crippen LogP contribution in [0.2, 0.25) is 0 Å². The summed E-state index contributed by atoms with van der Waals surface area (Å²) in [6.07, 6.45) is 3.71. The quantitative estimate of drug-likeness (QED) is 0.781. The average molecular weight is 234 g/mol. The highest BCUT2D eigenvalue weighted by Crippen LogP contribution is 2.25. The van der Waals surface area contributed by atoms with Gasteiger partial charge in [-0.1, -0.05) is 6.42 Å². The molecule has 1 aromatic carbocycles. The zero-order valence-corrected chi connectivity index (χ0v) is 10.0. The van der Waals surface area contributed by atoms with Crippen LogP contribution in [0.15, 0.2) is 18.2 Å². The van der Waals surface area contributed by atoms with Crippen LogP contribution in [-0.2, 0) is 0 Å². The number of amides is 1. The summed E-state index contributed by atoms with van der Waals surface area (Å²) in [7, 11) is 1.57. The third-order valence-electron chi connectivity index (χ3n) is 3.28. The van der Waals surface area contributed by atoms with Gasteiger partial charge in [0.1, 0.15) is 5.75 Å². The van der Waals surface area contributed by atoms with E-state index in [4.69, 9.17) is 10.5 Å². The van der Waals surface area contributed by atoms with E-state index < -0.39 is 0 Å². The molecule has 0 spiro atoms. The van der Waals surface area contributed by atoms with E-state index in [9.17, 15) is 4.79 Å². The topological polar surface area (TPSA) is 64.3 Å². The molecule has 1 saturated carbocycles. The standard InChI is InChI=1S/C13H18N2O2/c1-17-10-5-6-12(14)11(7-10)13(16)15-8-9-3-2-4-9/h5-7,9H,2-4,8,14H2,1H3,(H,15,16). The molecule has 0 atom stereocenters. The molecular formula is C13H18N2O2. The first-order valence-corrected chi connectivity index (χ1v) is 5.92. The molecule has 1 amide bonds. The predicted molar refractivity (Wildman–Crippen MR) is 67.1 cm³/mol. The second-order valence-electron chi connectivity index (χ2n) is 4.46. The smallest absolute Gasteiger partial charge is 0.253 e. The lowest BCUT2D eigenvalue weighted by atomic mass is 9.85. The fourth-order valence-electron chi connectivity index (χ4n) is 1.89. The van der Waals surface area contributed by atoms with Gasteiger partial charge < -0.3 is 15.8 Å². The highest BCUT2D eigenvalue weighted by molar-refractivity contribution is 5.99. The summed E-state index contributed by atoms with van der Waals surface area (Å²) in [5, 5.41) is 2.92. The molecule has 0 aliphatic heterocycles. The van der Waals surface area contributed by atoms with E-state index in [0.29, 0.717) is 22.9 Å². The Morgan fingerprint density at radius 2 is 2.29 bits per heavy atom. The van der Waals surface area contributed by atoms with E-state index in [0.717, 1.165) is 6.54 Å². The Kier molecular flexibility index (Phi) is 3.52. The van der Waals surface area contributed by atoms with Gasteiger partial charge in [0.25, 0.3) is 5.91 Å². The molecule has 4 heteroatoms. The number of carbonyl (C=O) groups excluding carboxylic acids is 1. The Labute approximate surface area is 101 Å². The average Bonchev–Trinajstić information content (AvgIpc) is 2.27. The van der Waals surface area contributed by atoms with Crippen molar-refractivity contribution >= 4 is 11.6 Å². The summed E-state index contributed by atoms with van der Waals surface area (Å²) >= 11 is 0. The lowest BCUT2D eigenvalue weighted by Crippen LogP contribution is -2.32. The summed E-state index contributed by atoms with van der Waals surface area (Å²) < 4.78 is 5.08. The maximum absolute atomic E-state index is 11.9. The molecule has 3 N–H and O–H groups in total. The second-order valence-corrected chi connectivity index (χ2v) is 4.46. The van der Waals surface area contributed by atoms with E-state index in [-0.39, 0.29) is 5.91 Å². The Hall–Kier alpha value is -1.71.